The topological polar surface area (TPSA) is 64.8 Å². The van der Waals surface area contributed by atoms with Crippen LogP contribution in [0.3, 0.4) is 0 Å². The molecule has 0 atom stereocenters. The molecular weight excluding hydrogens is 414 g/mol. The first-order valence-corrected chi connectivity index (χ1v) is 12.0. The third-order valence-electron chi connectivity index (χ3n) is 4.77. The predicted molar refractivity (Wildman–Crippen MR) is 119 cm³/mol. The highest BCUT2D eigenvalue weighted by Crippen LogP contribution is 2.39. The normalized spacial score (nSPS) is 11.7. The minimum absolute atomic E-state index is 0.0221. The lowest BCUT2D eigenvalue weighted by Crippen LogP contribution is -2.10. The molecule has 0 bridgehead atoms. The van der Waals surface area contributed by atoms with Gasteiger partial charge in [-0.2, -0.15) is 0 Å². The van der Waals surface area contributed by atoms with Crippen LogP contribution in [0.15, 0.2) is 101 Å². The lowest BCUT2D eigenvalue weighted by Gasteiger charge is -2.17. The Morgan fingerprint density at radius 3 is 1.83 bits per heavy atom. The van der Waals surface area contributed by atoms with Crippen LogP contribution in [0.1, 0.15) is 22.2 Å². The summed E-state index contributed by atoms with van der Waals surface area (Å²) in [7, 11) is -1.68. The summed E-state index contributed by atoms with van der Waals surface area (Å²) in [5.41, 5.74) is 2.30. The van der Waals surface area contributed by atoms with Gasteiger partial charge in [0.25, 0.3) is 0 Å². The summed E-state index contributed by atoms with van der Waals surface area (Å²) in [6.45, 7) is 0. The molecule has 0 aliphatic rings. The number of hydrogen-bond donors (Lipinski definition) is 0. The van der Waals surface area contributed by atoms with Gasteiger partial charge >= 0.3 is 0 Å². The summed E-state index contributed by atoms with van der Waals surface area (Å²) < 4.78 is 27.2. The van der Waals surface area contributed by atoms with Crippen LogP contribution in [0.25, 0.3) is 0 Å². The maximum atomic E-state index is 12.7. The van der Waals surface area contributed by atoms with E-state index in [-0.39, 0.29) is 15.9 Å². The predicted octanol–water partition coefficient (Wildman–Crippen LogP) is 4.67. The van der Waals surface area contributed by atoms with Crippen LogP contribution in [0, 0.1) is 0 Å². The minimum Gasteiger partial charge on any atom is -0.308 e. The van der Waals surface area contributed by atoms with Gasteiger partial charge in [0.05, 0.1) is 10.1 Å². The fourth-order valence-electron chi connectivity index (χ4n) is 3.14. The van der Waals surface area contributed by atoms with Gasteiger partial charge in [0.2, 0.25) is 0 Å². The Labute approximate surface area is 180 Å². The fourth-order valence-corrected chi connectivity index (χ4v) is 5.62. The van der Waals surface area contributed by atoms with Crippen LogP contribution in [0.5, 0.6) is 0 Å². The highest BCUT2D eigenvalue weighted by molar-refractivity contribution is 7.99. The van der Waals surface area contributed by atoms with Gasteiger partial charge in [-0.25, -0.2) is 8.42 Å². The monoisotopic (exact) mass is 435 g/mol. The second kappa shape index (κ2) is 8.85. The third kappa shape index (κ3) is 4.47. The molecule has 0 radical (unpaired) electrons. The second-order valence-electron chi connectivity index (χ2n) is 6.85. The zero-order valence-electron chi connectivity index (χ0n) is 16.4. The van der Waals surface area contributed by atoms with Gasteiger partial charge in [-0.1, -0.05) is 90.6 Å². The van der Waals surface area contributed by atoms with E-state index in [0.29, 0.717) is 11.0 Å². The van der Waals surface area contributed by atoms with E-state index in [1.807, 2.05) is 43.4 Å². The number of rotatable bonds is 7. The third-order valence-corrected chi connectivity index (χ3v) is 7.75. The molecule has 0 unspecified atom stereocenters. The SMILES string of the molecule is Cn1c(CS(=O)(=O)c2ccccc2)nnc1SC(c1ccccc1)c1ccccc1. The number of aromatic nitrogens is 3. The molecule has 4 rings (SSSR count). The van der Waals surface area contributed by atoms with Gasteiger partial charge in [0, 0.05) is 7.05 Å². The minimum atomic E-state index is -3.49. The Hall–Kier alpha value is -2.90. The highest BCUT2D eigenvalue weighted by Gasteiger charge is 2.23. The number of nitrogens with zero attached hydrogens (tertiary/aromatic N) is 3. The van der Waals surface area contributed by atoms with E-state index in [0.717, 1.165) is 11.1 Å². The van der Waals surface area contributed by atoms with Crippen LogP contribution in [-0.4, -0.2) is 23.2 Å². The van der Waals surface area contributed by atoms with Crippen LogP contribution in [0.4, 0.5) is 0 Å². The molecular formula is C23H21N3O2S2. The molecule has 152 valence electrons. The van der Waals surface area contributed by atoms with E-state index in [1.54, 1.807) is 46.7 Å². The molecule has 0 aliphatic heterocycles. The van der Waals surface area contributed by atoms with Gasteiger partial charge in [0.1, 0.15) is 11.6 Å². The van der Waals surface area contributed by atoms with E-state index >= 15 is 0 Å². The first kappa shape index (κ1) is 20.4. The Morgan fingerprint density at radius 1 is 0.800 bits per heavy atom. The van der Waals surface area contributed by atoms with Crippen LogP contribution in [0.2, 0.25) is 0 Å². The molecule has 5 nitrogen and oxygen atoms in total. The van der Waals surface area contributed by atoms with Crippen molar-refractivity contribution >= 4 is 21.6 Å². The van der Waals surface area contributed by atoms with E-state index in [1.165, 1.54) is 0 Å². The van der Waals surface area contributed by atoms with Gasteiger partial charge in [-0.3, -0.25) is 0 Å². The van der Waals surface area contributed by atoms with Crippen LogP contribution < -0.4 is 0 Å². The summed E-state index contributed by atoms with van der Waals surface area (Å²) in [6.07, 6.45) is 0. The molecule has 3 aromatic carbocycles. The van der Waals surface area contributed by atoms with E-state index in [9.17, 15) is 8.42 Å². The quantitative estimate of drug-likeness (QED) is 0.395. The zero-order chi connectivity index (χ0) is 21.0. The Bertz CT molecular complexity index is 1170. The van der Waals surface area contributed by atoms with Gasteiger partial charge in [-0.15, -0.1) is 10.2 Å². The molecule has 0 saturated carbocycles. The standard InChI is InChI=1S/C23H21N3O2S2/c1-26-21(17-30(27,28)20-15-9-4-10-16-20)24-25-23(26)29-22(18-11-5-2-6-12-18)19-13-7-3-8-14-19/h2-16,22H,17H2,1H3. The van der Waals surface area contributed by atoms with E-state index in [4.69, 9.17) is 0 Å². The fraction of sp³-hybridized carbons (Fsp3) is 0.130. The van der Waals surface area contributed by atoms with Crippen molar-refractivity contribution in [3.05, 3.63) is 108 Å². The first-order valence-electron chi connectivity index (χ1n) is 9.47. The number of sulfone groups is 1. The largest absolute Gasteiger partial charge is 0.308 e. The summed E-state index contributed by atoms with van der Waals surface area (Å²) in [5, 5.41) is 9.17. The number of benzene rings is 3. The molecule has 7 heteroatoms. The maximum Gasteiger partial charge on any atom is 0.191 e. The maximum absolute atomic E-state index is 12.7. The lowest BCUT2D eigenvalue weighted by molar-refractivity contribution is 0.591. The zero-order valence-corrected chi connectivity index (χ0v) is 18.1. The molecule has 0 fully saturated rings. The van der Waals surface area contributed by atoms with Crippen molar-refractivity contribution in [3.63, 3.8) is 0 Å². The summed E-state index contributed by atoms with van der Waals surface area (Å²) >= 11 is 1.56. The highest BCUT2D eigenvalue weighted by atomic mass is 32.2. The lowest BCUT2D eigenvalue weighted by atomic mass is 10.0. The molecule has 0 N–H and O–H groups in total. The second-order valence-corrected chi connectivity index (χ2v) is 9.91. The van der Waals surface area contributed by atoms with Crippen molar-refractivity contribution in [1.29, 1.82) is 0 Å². The van der Waals surface area contributed by atoms with Crippen molar-refractivity contribution in [2.24, 2.45) is 7.05 Å². The number of thioether (sulfide) groups is 1. The molecule has 0 saturated heterocycles. The average molecular weight is 436 g/mol. The molecule has 0 amide bonds. The summed E-state index contributed by atoms with van der Waals surface area (Å²) in [5.74, 6) is 0.226. The van der Waals surface area contributed by atoms with Crippen molar-refractivity contribution in [2.45, 2.75) is 21.1 Å². The molecule has 1 heterocycles. The van der Waals surface area contributed by atoms with Gasteiger partial charge in [-0.05, 0) is 23.3 Å². The summed E-state index contributed by atoms with van der Waals surface area (Å²) in [4.78, 5) is 0.286. The van der Waals surface area contributed by atoms with Crippen molar-refractivity contribution < 1.29 is 8.42 Å². The molecule has 0 spiro atoms. The summed E-state index contributed by atoms with van der Waals surface area (Å²) in [6, 6.07) is 28.8. The van der Waals surface area contributed by atoms with Crippen molar-refractivity contribution in [2.75, 3.05) is 0 Å². The Kier molecular flexibility index (Phi) is 6.01. The smallest absolute Gasteiger partial charge is 0.191 e. The van der Waals surface area contributed by atoms with E-state index in [2.05, 4.69) is 34.5 Å². The number of hydrogen-bond acceptors (Lipinski definition) is 5. The van der Waals surface area contributed by atoms with Gasteiger partial charge < -0.3 is 4.57 Å². The Morgan fingerprint density at radius 2 is 1.30 bits per heavy atom. The molecule has 1 aromatic heterocycles. The molecule has 30 heavy (non-hydrogen) atoms. The molecule has 4 aromatic rings. The van der Waals surface area contributed by atoms with Crippen molar-refractivity contribution in [1.82, 2.24) is 14.8 Å². The van der Waals surface area contributed by atoms with Crippen LogP contribution >= 0.6 is 11.8 Å². The first-order chi connectivity index (χ1) is 14.5. The van der Waals surface area contributed by atoms with Gasteiger partial charge in [0.15, 0.2) is 15.0 Å². The van der Waals surface area contributed by atoms with Crippen molar-refractivity contribution in [3.8, 4) is 0 Å². The Balaban J connectivity index is 1.62. The molecule has 0 aliphatic carbocycles. The van der Waals surface area contributed by atoms with E-state index < -0.39 is 9.84 Å². The van der Waals surface area contributed by atoms with Crippen LogP contribution in [-0.2, 0) is 22.6 Å². The average Bonchev–Trinajstić information content (AvgIpc) is 3.12.